The first-order chi connectivity index (χ1) is 9.65. The molecular weight excluding hydrogens is 258 g/mol. The van der Waals surface area contributed by atoms with E-state index in [2.05, 4.69) is 15.0 Å². The van der Waals surface area contributed by atoms with E-state index in [-0.39, 0.29) is 5.69 Å². The van der Waals surface area contributed by atoms with Crippen LogP contribution in [0.25, 0.3) is 11.0 Å². The van der Waals surface area contributed by atoms with Crippen molar-refractivity contribution in [1.82, 2.24) is 15.0 Å². The number of imidazole rings is 1. The van der Waals surface area contributed by atoms with E-state index in [1.807, 2.05) is 0 Å². The Balaban J connectivity index is 2.14. The molecule has 0 saturated carbocycles. The molecule has 0 aliphatic rings. The second-order valence-corrected chi connectivity index (χ2v) is 4.44. The summed E-state index contributed by atoms with van der Waals surface area (Å²) in [7, 11) is 0. The van der Waals surface area contributed by atoms with Crippen molar-refractivity contribution in [2.45, 2.75) is 5.92 Å². The quantitative estimate of drug-likeness (QED) is 0.670. The highest BCUT2D eigenvalue weighted by Crippen LogP contribution is 2.26. The minimum absolute atomic E-state index is 0.314. The van der Waals surface area contributed by atoms with Gasteiger partial charge < -0.3 is 15.1 Å². The third kappa shape index (κ3) is 2.07. The van der Waals surface area contributed by atoms with Crippen molar-refractivity contribution in [2.24, 2.45) is 0 Å². The monoisotopic (exact) mass is 269 g/mol. The number of aromatic nitrogens is 3. The van der Waals surface area contributed by atoms with Crippen molar-refractivity contribution in [3.8, 4) is 0 Å². The number of carbonyl (C=O) groups is 1. The van der Waals surface area contributed by atoms with Crippen molar-refractivity contribution in [3.05, 3.63) is 64.3 Å². The van der Waals surface area contributed by atoms with Gasteiger partial charge in [0, 0.05) is 12.4 Å². The lowest BCUT2D eigenvalue weighted by Gasteiger charge is -2.12. The van der Waals surface area contributed by atoms with Gasteiger partial charge in [-0.15, -0.1) is 0 Å². The molecule has 0 amide bonds. The summed E-state index contributed by atoms with van der Waals surface area (Å²) in [4.78, 5) is 32.0. The topological polar surface area (TPSA) is 98.8 Å². The van der Waals surface area contributed by atoms with E-state index >= 15 is 0 Å². The molecule has 0 bridgehead atoms. The van der Waals surface area contributed by atoms with Gasteiger partial charge in [-0.25, -0.2) is 4.79 Å². The molecule has 1 atom stereocenters. The number of carboxylic acids is 1. The fourth-order valence-electron chi connectivity index (χ4n) is 2.25. The largest absolute Gasteiger partial charge is 0.481 e. The first-order valence-corrected chi connectivity index (χ1v) is 6.00. The van der Waals surface area contributed by atoms with E-state index in [4.69, 9.17) is 0 Å². The van der Waals surface area contributed by atoms with Crippen LogP contribution in [0.15, 0.2) is 47.5 Å². The number of nitrogens with zero attached hydrogens (tertiary/aromatic N) is 1. The van der Waals surface area contributed by atoms with E-state index < -0.39 is 11.9 Å². The maximum absolute atomic E-state index is 11.5. The van der Waals surface area contributed by atoms with Crippen LogP contribution in [0.2, 0.25) is 0 Å². The normalized spacial score (nSPS) is 12.4. The van der Waals surface area contributed by atoms with Crippen LogP contribution >= 0.6 is 0 Å². The number of rotatable bonds is 3. The molecule has 1 aromatic carbocycles. The molecule has 1 unspecified atom stereocenters. The minimum Gasteiger partial charge on any atom is -0.481 e. The lowest BCUT2D eigenvalue weighted by Crippen LogP contribution is -2.13. The van der Waals surface area contributed by atoms with Crippen LogP contribution in [0.4, 0.5) is 0 Å². The van der Waals surface area contributed by atoms with Crippen LogP contribution in [0.5, 0.6) is 0 Å². The van der Waals surface area contributed by atoms with Gasteiger partial charge >= 0.3 is 11.7 Å². The molecule has 0 saturated heterocycles. The number of nitrogens with one attached hydrogen (secondary N) is 2. The van der Waals surface area contributed by atoms with Gasteiger partial charge in [-0.1, -0.05) is 12.1 Å². The summed E-state index contributed by atoms with van der Waals surface area (Å²) in [6.45, 7) is 0. The van der Waals surface area contributed by atoms with Gasteiger partial charge in [0.15, 0.2) is 0 Å². The molecule has 0 spiro atoms. The highest BCUT2D eigenvalue weighted by Gasteiger charge is 2.22. The molecular formula is C14H11N3O3. The highest BCUT2D eigenvalue weighted by atomic mass is 16.4. The minimum atomic E-state index is -0.963. The van der Waals surface area contributed by atoms with E-state index in [0.29, 0.717) is 22.2 Å². The molecule has 3 rings (SSSR count). The summed E-state index contributed by atoms with van der Waals surface area (Å²) in [6, 6.07) is 8.46. The van der Waals surface area contributed by atoms with Crippen LogP contribution in [-0.2, 0) is 4.79 Å². The Labute approximate surface area is 113 Å². The third-order valence-electron chi connectivity index (χ3n) is 3.14. The zero-order chi connectivity index (χ0) is 14.1. The summed E-state index contributed by atoms with van der Waals surface area (Å²) in [5, 5.41) is 9.45. The fraction of sp³-hybridized carbons (Fsp3) is 0.0714. The van der Waals surface area contributed by atoms with Gasteiger partial charge in [0.05, 0.1) is 11.0 Å². The molecule has 0 fully saturated rings. The van der Waals surface area contributed by atoms with Crippen LogP contribution in [-0.4, -0.2) is 26.0 Å². The van der Waals surface area contributed by atoms with Crippen molar-refractivity contribution in [2.75, 3.05) is 0 Å². The molecule has 20 heavy (non-hydrogen) atoms. The number of H-pyrrole nitrogens is 2. The predicted octanol–water partition coefficient (Wildman–Crippen LogP) is 1.47. The third-order valence-corrected chi connectivity index (χ3v) is 3.14. The number of carboxylic acid groups (broad SMARTS) is 1. The van der Waals surface area contributed by atoms with Crippen molar-refractivity contribution in [3.63, 3.8) is 0 Å². The van der Waals surface area contributed by atoms with E-state index in [0.717, 1.165) is 0 Å². The van der Waals surface area contributed by atoms with Crippen molar-refractivity contribution in [1.29, 1.82) is 0 Å². The highest BCUT2D eigenvalue weighted by molar-refractivity contribution is 5.83. The number of pyridine rings is 1. The SMILES string of the molecule is O=C(O)C(c1cccnc1)c1ccc2[nH]c(=O)[nH]c2c1. The molecule has 3 aromatic rings. The molecule has 0 aliphatic carbocycles. The Bertz CT molecular complexity index is 820. The van der Waals surface area contributed by atoms with Gasteiger partial charge in [0.2, 0.25) is 0 Å². The van der Waals surface area contributed by atoms with Gasteiger partial charge in [-0.05, 0) is 29.3 Å². The maximum atomic E-state index is 11.5. The Kier molecular flexibility index (Phi) is 2.83. The maximum Gasteiger partial charge on any atom is 0.323 e. The Morgan fingerprint density at radius 2 is 1.95 bits per heavy atom. The van der Waals surface area contributed by atoms with Gasteiger partial charge in [0.1, 0.15) is 5.92 Å². The smallest absolute Gasteiger partial charge is 0.323 e. The zero-order valence-corrected chi connectivity index (χ0v) is 10.3. The van der Waals surface area contributed by atoms with Crippen molar-refractivity contribution < 1.29 is 9.90 Å². The lowest BCUT2D eigenvalue weighted by molar-refractivity contribution is -0.137. The van der Waals surface area contributed by atoms with Gasteiger partial charge in [-0.2, -0.15) is 0 Å². The van der Waals surface area contributed by atoms with Gasteiger partial charge in [0.25, 0.3) is 0 Å². The number of hydrogen-bond acceptors (Lipinski definition) is 3. The molecule has 2 heterocycles. The second kappa shape index (κ2) is 4.65. The second-order valence-electron chi connectivity index (χ2n) is 4.44. The number of aromatic amines is 2. The van der Waals surface area contributed by atoms with Crippen molar-refractivity contribution >= 4 is 17.0 Å². The first kappa shape index (κ1) is 12.2. The molecule has 6 nitrogen and oxygen atoms in total. The number of hydrogen-bond donors (Lipinski definition) is 3. The number of benzene rings is 1. The Morgan fingerprint density at radius 1 is 1.15 bits per heavy atom. The summed E-state index contributed by atoms with van der Waals surface area (Å²) >= 11 is 0. The Morgan fingerprint density at radius 3 is 2.65 bits per heavy atom. The standard InChI is InChI=1S/C14H11N3O3/c18-13(19)12(9-2-1-5-15-7-9)8-3-4-10-11(6-8)17-14(20)16-10/h1-7,12H,(H,18,19)(H2,16,17,20). The first-order valence-electron chi connectivity index (χ1n) is 6.00. The average Bonchev–Trinajstić information content (AvgIpc) is 2.79. The van der Waals surface area contributed by atoms with Crippen LogP contribution in [0, 0.1) is 0 Å². The number of aliphatic carboxylic acids is 1. The summed E-state index contributed by atoms with van der Waals surface area (Å²) in [5.41, 5.74) is 2.10. The van der Waals surface area contributed by atoms with E-state index in [1.165, 1.54) is 6.20 Å². The van der Waals surface area contributed by atoms with Crippen LogP contribution in [0.1, 0.15) is 17.0 Å². The molecule has 2 aromatic heterocycles. The molecule has 0 aliphatic heterocycles. The van der Waals surface area contributed by atoms with E-state index in [9.17, 15) is 14.7 Å². The molecule has 100 valence electrons. The average molecular weight is 269 g/mol. The predicted molar refractivity (Wildman–Crippen MR) is 72.6 cm³/mol. The molecule has 0 radical (unpaired) electrons. The van der Waals surface area contributed by atoms with Crippen LogP contribution in [0.3, 0.4) is 0 Å². The Hall–Kier alpha value is -2.89. The molecule has 3 N–H and O–H groups in total. The molecule has 6 heteroatoms. The summed E-state index contributed by atoms with van der Waals surface area (Å²) in [5.74, 6) is -1.78. The number of fused-ring (bicyclic) bond motifs is 1. The fourth-order valence-corrected chi connectivity index (χ4v) is 2.25. The van der Waals surface area contributed by atoms with Crippen LogP contribution < -0.4 is 5.69 Å². The zero-order valence-electron chi connectivity index (χ0n) is 10.3. The lowest BCUT2D eigenvalue weighted by atomic mass is 9.92. The van der Waals surface area contributed by atoms with E-state index in [1.54, 1.807) is 36.5 Å². The summed E-state index contributed by atoms with van der Waals surface area (Å²) < 4.78 is 0. The summed E-state index contributed by atoms with van der Waals surface area (Å²) in [6.07, 6.45) is 3.12. The van der Waals surface area contributed by atoms with Gasteiger partial charge in [-0.3, -0.25) is 9.78 Å².